The van der Waals surface area contributed by atoms with E-state index in [1.54, 1.807) is 16.2 Å². The molecule has 0 N–H and O–H groups in total. The zero-order valence-electron chi connectivity index (χ0n) is 13.8. The summed E-state index contributed by atoms with van der Waals surface area (Å²) in [4.78, 5) is 22.3. The molecule has 1 aromatic carbocycles. The molecule has 0 radical (unpaired) electrons. The fourth-order valence-corrected chi connectivity index (χ4v) is 3.97. The van der Waals surface area contributed by atoms with Crippen molar-refractivity contribution in [1.82, 2.24) is 9.88 Å². The molecule has 0 spiro atoms. The van der Waals surface area contributed by atoms with E-state index in [0.29, 0.717) is 0 Å². The van der Waals surface area contributed by atoms with Gasteiger partial charge in [-0.15, -0.1) is 11.3 Å². The number of carbonyl (C=O) groups is 1. The molecule has 23 heavy (non-hydrogen) atoms. The van der Waals surface area contributed by atoms with Crippen molar-refractivity contribution < 1.29 is 4.79 Å². The molecule has 0 unspecified atom stereocenters. The number of thiazole rings is 1. The topological polar surface area (TPSA) is 36.4 Å². The molecule has 2 aromatic rings. The minimum Gasteiger partial charge on any atom is -0.311 e. The van der Waals surface area contributed by atoms with E-state index in [-0.39, 0.29) is 5.91 Å². The summed E-state index contributed by atoms with van der Waals surface area (Å²) in [6, 6.07) is 9.74. The van der Waals surface area contributed by atoms with Crippen molar-refractivity contribution in [3.05, 3.63) is 45.9 Å². The van der Waals surface area contributed by atoms with E-state index >= 15 is 0 Å². The van der Waals surface area contributed by atoms with Gasteiger partial charge in [-0.25, -0.2) is 4.98 Å². The molecule has 4 nitrogen and oxygen atoms in total. The Balaban J connectivity index is 1.68. The lowest BCUT2D eigenvalue weighted by Crippen LogP contribution is -2.25. The van der Waals surface area contributed by atoms with Crippen molar-refractivity contribution >= 4 is 22.9 Å². The van der Waals surface area contributed by atoms with Crippen molar-refractivity contribution in [2.75, 3.05) is 31.6 Å². The molecule has 1 aromatic heterocycles. The smallest absolute Gasteiger partial charge is 0.270 e. The summed E-state index contributed by atoms with van der Waals surface area (Å²) in [6.07, 6.45) is 3.55. The largest absolute Gasteiger partial charge is 0.311 e. The minimum absolute atomic E-state index is 0.0265. The first-order valence-electron chi connectivity index (χ1n) is 8.17. The van der Waals surface area contributed by atoms with Gasteiger partial charge in [-0.3, -0.25) is 4.79 Å². The first-order valence-corrected chi connectivity index (χ1v) is 8.98. The Morgan fingerprint density at radius 3 is 2.65 bits per heavy atom. The van der Waals surface area contributed by atoms with Crippen LogP contribution in [0.1, 0.15) is 33.2 Å². The van der Waals surface area contributed by atoms with Gasteiger partial charge in [-0.2, -0.15) is 0 Å². The van der Waals surface area contributed by atoms with Gasteiger partial charge >= 0.3 is 0 Å². The molecular formula is C18H23N3OS. The number of aryl methyl sites for hydroxylation is 1. The Bertz CT molecular complexity index is 662. The lowest BCUT2D eigenvalue weighted by molar-refractivity contribution is 0.0996. The molecule has 1 fully saturated rings. The number of likely N-dealkylation sites (tertiary alicyclic amines) is 1. The van der Waals surface area contributed by atoms with Gasteiger partial charge in [-0.05, 0) is 45.0 Å². The third-order valence-corrected chi connectivity index (χ3v) is 5.53. The Kier molecular flexibility index (Phi) is 5.08. The zero-order valence-corrected chi connectivity index (χ0v) is 14.6. The van der Waals surface area contributed by atoms with Gasteiger partial charge < -0.3 is 9.80 Å². The van der Waals surface area contributed by atoms with E-state index in [0.717, 1.165) is 34.2 Å². The minimum atomic E-state index is 0.0265. The second-order valence-corrected chi connectivity index (χ2v) is 7.10. The van der Waals surface area contributed by atoms with E-state index < -0.39 is 0 Å². The van der Waals surface area contributed by atoms with Crippen LogP contribution in [0.15, 0.2) is 30.3 Å². The molecule has 1 aliphatic rings. The Labute approximate surface area is 141 Å². The normalized spacial score (nSPS) is 15.0. The van der Waals surface area contributed by atoms with Gasteiger partial charge in [0, 0.05) is 25.7 Å². The molecule has 0 saturated carbocycles. The van der Waals surface area contributed by atoms with E-state index in [4.69, 9.17) is 0 Å². The second kappa shape index (κ2) is 7.23. The first kappa shape index (κ1) is 16.1. The molecule has 0 aliphatic carbocycles. The predicted octanol–water partition coefficient (Wildman–Crippen LogP) is 3.37. The first-order chi connectivity index (χ1) is 11.1. The highest BCUT2D eigenvalue weighted by Gasteiger charge is 2.20. The number of aromatic nitrogens is 1. The number of anilines is 1. The quantitative estimate of drug-likeness (QED) is 0.844. The van der Waals surface area contributed by atoms with Crippen LogP contribution in [-0.4, -0.2) is 42.5 Å². The van der Waals surface area contributed by atoms with Gasteiger partial charge in [-0.1, -0.05) is 18.2 Å². The van der Waals surface area contributed by atoms with Crippen LogP contribution in [0.5, 0.6) is 0 Å². The summed E-state index contributed by atoms with van der Waals surface area (Å²) in [5, 5.41) is 1.07. The van der Waals surface area contributed by atoms with Gasteiger partial charge in [0.2, 0.25) is 0 Å². The summed E-state index contributed by atoms with van der Waals surface area (Å²) in [5.41, 5.74) is 1.75. The highest BCUT2D eigenvalue weighted by Crippen LogP contribution is 2.23. The van der Waals surface area contributed by atoms with Crippen LogP contribution in [0.3, 0.4) is 0 Å². The Morgan fingerprint density at radius 2 is 1.96 bits per heavy atom. The van der Waals surface area contributed by atoms with Crippen LogP contribution in [0.25, 0.3) is 0 Å². The maximum absolute atomic E-state index is 12.7. The molecule has 1 aliphatic heterocycles. The lowest BCUT2D eigenvalue weighted by Gasteiger charge is -2.16. The molecule has 122 valence electrons. The lowest BCUT2D eigenvalue weighted by atomic mass is 10.2. The van der Waals surface area contributed by atoms with Crippen LogP contribution in [0, 0.1) is 6.92 Å². The molecule has 0 atom stereocenters. The number of rotatable bonds is 5. The number of nitrogens with zero attached hydrogens (tertiary/aromatic N) is 3. The SMILES string of the molecule is Cc1nc(CCN2CCCC2)sc1C(=O)N(C)c1ccccc1. The highest BCUT2D eigenvalue weighted by atomic mass is 32.1. The summed E-state index contributed by atoms with van der Waals surface area (Å²) in [6.45, 7) is 5.39. The fourth-order valence-electron chi connectivity index (χ4n) is 2.94. The predicted molar refractivity (Wildman–Crippen MR) is 95.4 cm³/mol. The van der Waals surface area contributed by atoms with Crippen molar-refractivity contribution in [3.8, 4) is 0 Å². The zero-order chi connectivity index (χ0) is 16.2. The second-order valence-electron chi connectivity index (χ2n) is 6.02. The number of hydrogen-bond donors (Lipinski definition) is 0. The number of para-hydroxylation sites is 1. The summed E-state index contributed by atoms with van der Waals surface area (Å²) in [7, 11) is 1.82. The molecule has 3 rings (SSSR count). The fraction of sp³-hybridized carbons (Fsp3) is 0.444. The maximum Gasteiger partial charge on any atom is 0.270 e. The van der Waals surface area contributed by atoms with Crippen molar-refractivity contribution in [2.45, 2.75) is 26.2 Å². The molecule has 5 heteroatoms. The van der Waals surface area contributed by atoms with Crippen LogP contribution in [0.2, 0.25) is 0 Å². The Hall–Kier alpha value is -1.72. The van der Waals surface area contributed by atoms with Crippen molar-refractivity contribution in [2.24, 2.45) is 0 Å². The molecular weight excluding hydrogens is 306 g/mol. The standard InChI is InChI=1S/C18H23N3OS/c1-14-17(18(22)20(2)15-8-4-3-5-9-15)23-16(19-14)10-13-21-11-6-7-12-21/h3-5,8-9H,6-7,10-13H2,1-2H3. The van der Waals surface area contributed by atoms with E-state index in [2.05, 4.69) is 9.88 Å². The highest BCUT2D eigenvalue weighted by molar-refractivity contribution is 7.13. The van der Waals surface area contributed by atoms with Crippen LogP contribution >= 0.6 is 11.3 Å². The summed E-state index contributed by atoms with van der Waals surface area (Å²) >= 11 is 1.54. The van der Waals surface area contributed by atoms with Crippen LogP contribution < -0.4 is 4.90 Å². The number of benzene rings is 1. The molecule has 1 amide bonds. The van der Waals surface area contributed by atoms with E-state index in [1.807, 2.05) is 44.3 Å². The summed E-state index contributed by atoms with van der Waals surface area (Å²) < 4.78 is 0. The van der Waals surface area contributed by atoms with Crippen LogP contribution in [0.4, 0.5) is 5.69 Å². The average molecular weight is 329 g/mol. The van der Waals surface area contributed by atoms with Gasteiger partial charge in [0.15, 0.2) is 0 Å². The third kappa shape index (κ3) is 3.79. The van der Waals surface area contributed by atoms with Crippen molar-refractivity contribution in [3.63, 3.8) is 0 Å². The van der Waals surface area contributed by atoms with Gasteiger partial charge in [0.25, 0.3) is 5.91 Å². The Morgan fingerprint density at radius 1 is 1.26 bits per heavy atom. The average Bonchev–Trinajstić information content (AvgIpc) is 3.22. The molecule has 2 heterocycles. The van der Waals surface area contributed by atoms with Crippen molar-refractivity contribution in [1.29, 1.82) is 0 Å². The number of carbonyl (C=O) groups excluding carboxylic acids is 1. The summed E-state index contributed by atoms with van der Waals surface area (Å²) in [5.74, 6) is 0.0265. The van der Waals surface area contributed by atoms with E-state index in [9.17, 15) is 4.79 Å². The molecule has 0 bridgehead atoms. The maximum atomic E-state index is 12.7. The molecule has 1 saturated heterocycles. The number of hydrogen-bond acceptors (Lipinski definition) is 4. The third-order valence-electron chi connectivity index (χ3n) is 4.32. The monoisotopic (exact) mass is 329 g/mol. The van der Waals surface area contributed by atoms with E-state index in [1.165, 1.54) is 25.9 Å². The van der Waals surface area contributed by atoms with Crippen LogP contribution in [-0.2, 0) is 6.42 Å². The number of amides is 1. The van der Waals surface area contributed by atoms with Gasteiger partial charge in [0.05, 0.1) is 10.7 Å². The van der Waals surface area contributed by atoms with Gasteiger partial charge in [0.1, 0.15) is 4.88 Å².